The summed E-state index contributed by atoms with van der Waals surface area (Å²) in [5, 5.41) is 0. The number of hydrogen-bond donors (Lipinski definition) is 1. The molecule has 192 valence electrons. The SMILES string of the molecule is O=C(Oc1cc(I)c(S(=O)(=O)O)c(I)c1)C1C2C=CC(C2)C1C(=O)Oc1c(F)c(F)c(F)c(F)c1F. The zero-order valence-corrected chi connectivity index (χ0v) is 22.4. The number of carbonyl (C=O) groups excluding carboxylic acids is 2. The predicted octanol–water partition coefficient (Wildman–Crippen LogP) is 4.79. The number of hydrogen-bond acceptors (Lipinski definition) is 6. The first-order chi connectivity index (χ1) is 16.7. The standard InChI is InChI=1S/C21H11F5I2O7S/c22-13-14(23)16(25)18(17(26)15(13)24)35-21(30)12-7-2-1-6(3-7)11(12)20(29)34-8-4-9(27)19(10(28)5-8)36(31,32)33/h1-2,4-7,11-12H,3H2,(H,31,32,33). The lowest BCUT2D eigenvalue weighted by molar-refractivity contribution is -0.151. The Hall–Kier alpha value is -1.86. The molecule has 7 nitrogen and oxygen atoms in total. The van der Waals surface area contributed by atoms with Gasteiger partial charge in [-0.2, -0.15) is 17.2 Å². The molecule has 0 spiro atoms. The van der Waals surface area contributed by atoms with Crippen molar-refractivity contribution < 1.29 is 54.0 Å². The molecule has 0 aliphatic heterocycles. The van der Waals surface area contributed by atoms with Gasteiger partial charge in [-0.15, -0.1) is 0 Å². The van der Waals surface area contributed by atoms with Crippen molar-refractivity contribution in [2.45, 2.75) is 11.3 Å². The van der Waals surface area contributed by atoms with Crippen LogP contribution in [0.4, 0.5) is 22.0 Å². The number of halogens is 7. The van der Waals surface area contributed by atoms with Crippen LogP contribution in [0, 0.1) is 59.9 Å². The lowest BCUT2D eigenvalue weighted by Crippen LogP contribution is -2.38. The highest BCUT2D eigenvalue weighted by Crippen LogP contribution is 2.49. The fourth-order valence-corrected chi connectivity index (χ4v) is 8.33. The Morgan fingerprint density at radius 3 is 1.67 bits per heavy atom. The third kappa shape index (κ3) is 4.73. The van der Waals surface area contributed by atoms with Crippen LogP contribution in [0.15, 0.2) is 29.2 Å². The summed E-state index contributed by atoms with van der Waals surface area (Å²) in [5.74, 6) is -19.6. The van der Waals surface area contributed by atoms with E-state index in [9.17, 15) is 44.5 Å². The highest BCUT2D eigenvalue weighted by molar-refractivity contribution is 14.1. The van der Waals surface area contributed by atoms with Gasteiger partial charge in [-0.25, -0.2) is 13.2 Å². The van der Waals surface area contributed by atoms with Gasteiger partial charge in [0.2, 0.25) is 34.8 Å². The Balaban J connectivity index is 1.61. The minimum absolute atomic E-state index is 0.0416. The maximum atomic E-state index is 14.0. The molecule has 2 aromatic carbocycles. The molecule has 0 aromatic heterocycles. The average Bonchev–Trinajstić information content (AvgIpc) is 3.39. The van der Waals surface area contributed by atoms with Crippen LogP contribution in [0.25, 0.3) is 0 Å². The summed E-state index contributed by atoms with van der Waals surface area (Å²) in [6, 6.07) is 2.32. The normalized spacial score (nSPS) is 22.7. The molecule has 0 heterocycles. The summed E-state index contributed by atoms with van der Waals surface area (Å²) in [5.41, 5.74) is 0. The number of rotatable bonds is 5. The Morgan fingerprint density at radius 2 is 1.22 bits per heavy atom. The van der Waals surface area contributed by atoms with Crippen LogP contribution < -0.4 is 9.47 Å². The van der Waals surface area contributed by atoms with Crippen LogP contribution in [0.1, 0.15) is 6.42 Å². The van der Waals surface area contributed by atoms with Crippen molar-refractivity contribution in [1.82, 2.24) is 0 Å². The van der Waals surface area contributed by atoms with Crippen LogP contribution in [-0.4, -0.2) is 24.9 Å². The summed E-state index contributed by atoms with van der Waals surface area (Å²) in [4.78, 5) is 25.4. The van der Waals surface area contributed by atoms with Gasteiger partial charge < -0.3 is 9.47 Å². The van der Waals surface area contributed by atoms with Crippen LogP contribution in [0.2, 0.25) is 0 Å². The molecule has 0 saturated heterocycles. The molecule has 4 atom stereocenters. The largest absolute Gasteiger partial charge is 0.426 e. The summed E-state index contributed by atoms with van der Waals surface area (Å²) in [6.07, 6.45) is 3.48. The maximum Gasteiger partial charge on any atom is 0.316 e. The Bertz CT molecular complexity index is 1390. The van der Waals surface area contributed by atoms with E-state index in [0.717, 1.165) is 12.1 Å². The number of allylic oxidation sites excluding steroid dienone is 2. The zero-order chi connectivity index (χ0) is 26.7. The fourth-order valence-electron chi connectivity index (χ4n) is 4.33. The molecule has 4 unspecified atom stereocenters. The lowest BCUT2D eigenvalue weighted by Gasteiger charge is -2.25. The number of carbonyl (C=O) groups is 2. The van der Waals surface area contributed by atoms with Crippen molar-refractivity contribution in [3.8, 4) is 11.5 Å². The van der Waals surface area contributed by atoms with E-state index >= 15 is 0 Å². The van der Waals surface area contributed by atoms with Gasteiger partial charge in [-0.05, 0) is 75.6 Å². The number of ether oxygens (including phenoxy) is 2. The second-order valence-corrected chi connectivity index (χ2v) is 11.6. The quantitative estimate of drug-likeness (QED) is 0.0685. The first-order valence-electron chi connectivity index (χ1n) is 9.82. The van der Waals surface area contributed by atoms with Gasteiger partial charge in [-0.3, -0.25) is 14.1 Å². The summed E-state index contributed by atoms with van der Waals surface area (Å²) < 4.78 is 111. The molecule has 2 aliphatic rings. The molecular formula is C21H11F5I2O7S. The van der Waals surface area contributed by atoms with E-state index in [0.29, 0.717) is 0 Å². The summed E-state index contributed by atoms with van der Waals surface area (Å²) >= 11 is 3.22. The molecule has 0 amide bonds. The van der Waals surface area contributed by atoms with Crippen molar-refractivity contribution in [2.24, 2.45) is 23.7 Å². The molecule has 1 saturated carbocycles. The molecule has 1 fully saturated rings. The zero-order valence-electron chi connectivity index (χ0n) is 17.3. The molecule has 2 bridgehead atoms. The fraction of sp³-hybridized carbons (Fsp3) is 0.238. The van der Waals surface area contributed by atoms with E-state index in [1.54, 1.807) is 57.3 Å². The van der Waals surface area contributed by atoms with Gasteiger partial charge in [0, 0.05) is 7.14 Å². The number of esters is 2. The Morgan fingerprint density at radius 1 is 0.806 bits per heavy atom. The van der Waals surface area contributed by atoms with Gasteiger partial charge in [0.15, 0.2) is 0 Å². The van der Waals surface area contributed by atoms with Crippen LogP contribution >= 0.6 is 45.2 Å². The molecule has 4 rings (SSSR count). The third-order valence-corrected chi connectivity index (χ3v) is 9.21. The van der Waals surface area contributed by atoms with Crippen LogP contribution in [0.5, 0.6) is 11.5 Å². The van der Waals surface area contributed by atoms with E-state index in [-0.39, 0.29) is 19.3 Å². The van der Waals surface area contributed by atoms with Crippen molar-refractivity contribution in [3.63, 3.8) is 0 Å². The van der Waals surface area contributed by atoms with Crippen molar-refractivity contribution >= 4 is 67.2 Å². The highest BCUT2D eigenvalue weighted by atomic mass is 127. The van der Waals surface area contributed by atoms with Gasteiger partial charge in [0.05, 0.1) is 11.8 Å². The molecule has 2 aromatic rings. The molecular weight excluding hydrogens is 745 g/mol. The summed E-state index contributed by atoms with van der Waals surface area (Å²) in [7, 11) is -4.56. The van der Waals surface area contributed by atoms with E-state index in [4.69, 9.17) is 4.74 Å². The monoisotopic (exact) mass is 756 g/mol. The molecule has 15 heteroatoms. The van der Waals surface area contributed by atoms with Gasteiger partial charge in [0.25, 0.3) is 10.1 Å². The molecule has 36 heavy (non-hydrogen) atoms. The van der Waals surface area contributed by atoms with E-state index in [1.807, 2.05) is 0 Å². The number of benzene rings is 2. The maximum absolute atomic E-state index is 14.0. The first kappa shape index (κ1) is 27.2. The van der Waals surface area contributed by atoms with E-state index in [2.05, 4.69) is 4.74 Å². The summed E-state index contributed by atoms with van der Waals surface area (Å²) in [6.45, 7) is 0. The highest BCUT2D eigenvalue weighted by Gasteiger charge is 2.53. The minimum Gasteiger partial charge on any atom is -0.426 e. The Labute approximate surface area is 227 Å². The topological polar surface area (TPSA) is 107 Å². The second kappa shape index (κ2) is 9.79. The van der Waals surface area contributed by atoms with E-state index in [1.165, 1.54) is 0 Å². The third-order valence-electron chi connectivity index (χ3n) is 5.82. The smallest absolute Gasteiger partial charge is 0.316 e. The van der Waals surface area contributed by atoms with Gasteiger partial charge in [-0.1, -0.05) is 12.2 Å². The molecule has 0 radical (unpaired) electrons. The Kier molecular flexibility index (Phi) is 7.39. The molecule has 2 aliphatic carbocycles. The number of fused-ring (bicyclic) bond motifs is 2. The second-order valence-electron chi connectivity index (χ2n) is 7.93. The van der Waals surface area contributed by atoms with Crippen molar-refractivity contribution in [3.05, 3.63) is 60.5 Å². The first-order valence-corrected chi connectivity index (χ1v) is 13.4. The minimum atomic E-state index is -4.56. The predicted molar refractivity (Wildman–Crippen MR) is 127 cm³/mol. The van der Waals surface area contributed by atoms with Crippen molar-refractivity contribution in [2.75, 3.05) is 0 Å². The van der Waals surface area contributed by atoms with Gasteiger partial charge >= 0.3 is 11.9 Å². The van der Waals surface area contributed by atoms with Crippen LogP contribution in [-0.2, 0) is 19.7 Å². The van der Waals surface area contributed by atoms with Crippen LogP contribution in [0.3, 0.4) is 0 Å². The van der Waals surface area contributed by atoms with Crippen molar-refractivity contribution in [1.29, 1.82) is 0 Å². The van der Waals surface area contributed by atoms with E-state index < -0.39 is 85.5 Å². The molecule has 1 N–H and O–H groups in total. The lowest BCUT2D eigenvalue weighted by atomic mass is 9.83. The average molecular weight is 756 g/mol. The van der Waals surface area contributed by atoms with Gasteiger partial charge in [0.1, 0.15) is 10.6 Å².